The highest BCUT2D eigenvalue weighted by molar-refractivity contribution is 5.90. The highest BCUT2D eigenvalue weighted by Gasteiger charge is 2.40. The van der Waals surface area contributed by atoms with Crippen LogP contribution < -0.4 is 10.1 Å². The molecule has 40 heavy (non-hydrogen) atoms. The SMILES string of the molecule is COc1ccc(-n2nnnc2C(F)(F)F)cc1CN[C@H]1CCN(C(=O)C2CCC(=O)N2C)C[C@H]1c1ccccc1. The minimum atomic E-state index is -4.71. The van der Waals surface area contributed by atoms with E-state index in [1.807, 2.05) is 35.2 Å². The van der Waals surface area contributed by atoms with Gasteiger partial charge in [0.05, 0.1) is 12.8 Å². The zero-order chi connectivity index (χ0) is 28.4. The molecule has 3 atom stereocenters. The molecule has 10 nitrogen and oxygen atoms in total. The van der Waals surface area contributed by atoms with Crippen molar-refractivity contribution in [3.8, 4) is 11.4 Å². The number of tetrazole rings is 1. The minimum absolute atomic E-state index is 0.0188. The number of amides is 2. The summed E-state index contributed by atoms with van der Waals surface area (Å²) >= 11 is 0. The Balaban J connectivity index is 1.36. The molecule has 3 aromatic rings. The number of aromatic nitrogens is 4. The molecule has 2 fully saturated rings. The van der Waals surface area contributed by atoms with E-state index in [0.717, 1.165) is 5.56 Å². The van der Waals surface area contributed by atoms with Gasteiger partial charge < -0.3 is 19.9 Å². The van der Waals surface area contributed by atoms with Gasteiger partial charge in [-0.2, -0.15) is 17.9 Å². The second kappa shape index (κ2) is 11.2. The number of rotatable bonds is 7. The second-order valence-corrected chi connectivity index (χ2v) is 10.0. The number of nitrogens with zero attached hydrogens (tertiary/aromatic N) is 6. The third-order valence-corrected chi connectivity index (χ3v) is 7.72. The Bertz CT molecular complexity index is 1360. The molecular weight excluding hydrogens is 527 g/mol. The normalized spacial score (nSPS) is 21.6. The van der Waals surface area contributed by atoms with Crippen LogP contribution in [-0.4, -0.2) is 81.2 Å². The van der Waals surface area contributed by atoms with E-state index in [0.29, 0.717) is 54.9 Å². The number of hydrogen-bond acceptors (Lipinski definition) is 7. The molecule has 3 heterocycles. The quantitative estimate of drug-likeness (QED) is 0.476. The van der Waals surface area contributed by atoms with Gasteiger partial charge in [0.25, 0.3) is 5.82 Å². The first-order valence-corrected chi connectivity index (χ1v) is 13.0. The lowest BCUT2D eigenvalue weighted by Gasteiger charge is -2.41. The molecule has 0 bridgehead atoms. The van der Waals surface area contributed by atoms with E-state index in [-0.39, 0.29) is 29.5 Å². The van der Waals surface area contributed by atoms with Crippen molar-refractivity contribution in [2.45, 2.75) is 50.0 Å². The molecular formula is C27H30F3N7O3. The predicted molar refractivity (Wildman–Crippen MR) is 138 cm³/mol. The number of likely N-dealkylation sites (tertiary alicyclic amines) is 2. The van der Waals surface area contributed by atoms with Gasteiger partial charge in [-0.15, -0.1) is 5.10 Å². The summed E-state index contributed by atoms with van der Waals surface area (Å²) in [6, 6.07) is 14.0. The number of benzene rings is 2. The third-order valence-electron chi connectivity index (χ3n) is 7.72. The van der Waals surface area contributed by atoms with Gasteiger partial charge in [-0.3, -0.25) is 9.59 Å². The summed E-state index contributed by atoms with van der Waals surface area (Å²) in [4.78, 5) is 28.7. The Hall–Kier alpha value is -4.00. The fraction of sp³-hybridized carbons (Fsp3) is 0.444. The van der Waals surface area contributed by atoms with Crippen molar-refractivity contribution >= 4 is 11.8 Å². The number of nitrogens with one attached hydrogen (secondary N) is 1. The summed E-state index contributed by atoms with van der Waals surface area (Å²) in [6.07, 6.45) is -3.15. The second-order valence-electron chi connectivity index (χ2n) is 10.0. The number of piperidine rings is 1. The van der Waals surface area contributed by atoms with E-state index >= 15 is 0 Å². The largest absolute Gasteiger partial charge is 0.496 e. The molecule has 1 aromatic heterocycles. The lowest BCUT2D eigenvalue weighted by Crippen LogP contribution is -2.53. The Morgan fingerprint density at radius 3 is 2.60 bits per heavy atom. The van der Waals surface area contributed by atoms with Gasteiger partial charge in [0, 0.05) is 50.6 Å². The van der Waals surface area contributed by atoms with Crippen molar-refractivity contribution in [3.05, 3.63) is 65.5 Å². The van der Waals surface area contributed by atoms with E-state index in [4.69, 9.17) is 4.74 Å². The number of carbonyl (C=O) groups is 2. The highest BCUT2D eigenvalue weighted by Crippen LogP contribution is 2.32. The highest BCUT2D eigenvalue weighted by atomic mass is 19.4. The van der Waals surface area contributed by atoms with E-state index in [2.05, 4.69) is 20.8 Å². The number of likely N-dealkylation sites (N-methyl/N-ethyl adjacent to an activating group) is 1. The number of alkyl halides is 3. The summed E-state index contributed by atoms with van der Waals surface area (Å²) in [5, 5.41) is 13.4. The first-order chi connectivity index (χ1) is 19.2. The fourth-order valence-electron chi connectivity index (χ4n) is 5.55. The summed E-state index contributed by atoms with van der Waals surface area (Å²) in [6.45, 7) is 1.31. The predicted octanol–water partition coefficient (Wildman–Crippen LogP) is 2.78. The van der Waals surface area contributed by atoms with Gasteiger partial charge in [0.1, 0.15) is 11.8 Å². The van der Waals surface area contributed by atoms with Crippen LogP contribution in [0, 0.1) is 0 Å². The zero-order valence-corrected chi connectivity index (χ0v) is 22.1. The van der Waals surface area contributed by atoms with E-state index in [9.17, 15) is 22.8 Å². The van der Waals surface area contributed by atoms with Crippen LogP contribution >= 0.6 is 0 Å². The van der Waals surface area contributed by atoms with Crippen LogP contribution in [-0.2, 0) is 22.3 Å². The van der Waals surface area contributed by atoms with Gasteiger partial charge in [-0.05, 0) is 47.0 Å². The molecule has 2 aliphatic heterocycles. The number of carbonyl (C=O) groups excluding carboxylic acids is 2. The van der Waals surface area contributed by atoms with Crippen LogP contribution in [0.2, 0.25) is 0 Å². The maximum atomic E-state index is 13.4. The molecule has 1 N–H and O–H groups in total. The molecule has 0 aliphatic carbocycles. The Morgan fingerprint density at radius 2 is 1.93 bits per heavy atom. The van der Waals surface area contributed by atoms with Gasteiger partial charge >= 0.3 is 6.18 Å². The van der Waals surface area contributed by atoms with Gasteiger partial charge in [-0.1, -0.05) is 30.3 Å². The van der Waals surface area contributed by atoms with Gasteiger partial charge in [-0.25, -0.2) is 0 Å². The molecule has 0 saturated carbocycles. The van der Waals surface area contributed by atoms with Gasteiger partial charge in [0.15, 0.2) is 0 Å². The molecule has 13 heteroatoms. The number of ether oxygens (including phenoxy) is 1. The Morgan fingerprint density at radius 1 is 1.15 bits per heavy atom. The monoisotopic (exact) mass is 557 g/mol. The van der Waals surface area contributed by atoms with Crippen LogP contribution in [0.5, 0.6) is 5.75 Å². The Labute approximate surface area is 229 Å². The fourth-order valence-corrected chi connectivity index (χ4v) is 5.55. The summed E-state index contributed by atoms with van der Waals surface area (Å²) in [5.41, 5.74) is 1.86. The number of hydrogen-bond donors (Lipinski definition) is 1. The van der Waals surface area contributed by atoms with E-state index < -0.39 is 18.0 Å². The lowest BCUT2D eigenvalue weighted by molar-refractivity contribution is -0.146. The van der Waals surface area contributed by atoms with Crippen LogP contribution in [0.4, 0.5) is 13.2 Å². The van der Waals surface area contributed by atoms with Crippen LogP contribution in [0.1, 0.15) is 42.1 Å². The van der Waals surface area contributed by atoms with Crippen molar-refractivity contribution in [2.24, 2.45) is 0 Å². The standard InChI is InChI=1S/C27H30F3N7O3/c1-35-22(9-11-24(35)38)25(39)36-13-12-21(20(16-36)17-6-4-3-5-7-17)31-15-18-14-19(8-10-23(18)40-2)37-26(27(28,29)30)32-33-34-37/h3-8,10,14,20-22,31H,9,11-13,15-16H2,1-2H3/t20-,21-,22?/m0/s1. The van der Waals surface area contributed by atoms with Crippen LogP contribution in [0.25, 0.3) is 5.69 Å². The summed E-state index contributed by atoms with van der Waals surface area (Å²) in [5.74, 6) is -0.798. The van der Waals surface area contributed by atoms with Crippen molar-refractivity contribution < 1.29 is 27.5 Å². The van der Waals surface area contributed by atoms with Crippen molar-refractivity contribution in [2.75, 3.05) is 27.2 Å². The van der Waals surface area contributed by atoms with Crippen molar-refractivity contribution in [1.82, 2.24) is 35.3 Å². The zero-order valence-electron chi connectivity index (χ0n) is 22.1. The maximum absolute atomic E-state index is 13.4. The molecule has 0 spiro atoms. The van der Waals surface area contributed by atoms with Crippen molar-refractivity contribution in [1.29, 1.82) is 0 Å². The summed E-state index contributed by atoms with van der Waals surface area (Å²) < 4.78 is 46.3. The Kier molecular flexibility index (Phi) is 7.74. The molecule has 212 valence electrons. The minimum Gasteiger partial charge on any atom is -0.496 e. The topological polar surface area (TPSA) is 105 Å². The molecule has 2 aliphatic rings. The van der Waals surface area contributed by atoms with Crippen LogP contribution in [0.3, 0.4) is 0 Å². The average Bonchev–Trinajstić information content (AvgIpc) is 3.59. The third kappa shape index (κ3) is 5.51. The van der Waals surface area contributed by atoms with Crippen LogP contribution in [0.15, 0.2) is 48.5 Å². The molecule has 0 radical (unpaired) electrons. The molecule has 1 unspecified atom stereocenters. The number of halogens is 3. The molecule has 2 aromatic carbocycles. The first kappa shape index (κ1) is 27.6. The summed E-state index contributed by atoms with van der Waals surface area (Å²) in [7, 11) is 3.17. The van der Waals surface area contributed by atoms with E-state index in [1.54, 1.807) is 19.2 Å². The molecule has 2 saturated heterocycles. The molecule has 2 amide bonds. The average molecular weight is 558 g/mol. The van der Waals surface area contributed by atoms with Gasteiger partial charge in [0.2, 0.25) is 11.8 Å². The first-order valence-electron chi connectivity index (χ1n) is 13.0. The lowest BCUT2D eigenvalue weighted by atomic mass is 9.85. The maximum Gasteiger partial charge on any atom is 0.453 e. The smallest absolute Gasteiger partial charge is 0.453 e. The number of methoxy groups -OCH3 is 1. The van der Waals surface area contributed by atoms with E-state index in [1.165, 1.54) is 18.1 Å². The van der Waals surface area contributed by atoms with Crippen molar-refractivity contribution in [3.63, 3.8) is 0 Å². The molecule has 5 rings (SSSR count).